The lowest BCUT2D eigenvalue weighted by atomic mass is 10.1. The zero-order valence-corrected chi connectivity index (χ0v) is 14.6. The van der Waals surface area contributed by atoms with Gasteiger partial charge in [0.2, 0.25) is 10.0 Å². The van der Waals surface area contributed by atoms with Gasteiger partial charge in [-0.25, -0.2) is 8.42 Å². The SMILES string of the molecule is O=C(O)C1(NS(=O)(=O)C2CC=C(Br)S2)CC1c1ccccc1. The number of halogens is 1. The Morgan fingerprint density at radius 2 is 2.05 bits per heavy atom. The molecule has 1 aliphatic heterocycles. The topological polar surface area (TPSA) is 83.5 Å². The molecule has 3 atom stereocenters. The lowest BCUT2D eigenvalue weighted by molar-refractivity contribution is -0.140. The molecule has 0 radical (unpaired) electrons. The maximum atomic E-state index is 12.5. The Morgan fingerprint density at radius 3 is 2.59 bits per heavy atom. The number of sulfonamides is 1. The zero-order valence-electron chi connectivity index (χ0n) is 11.4. The molecule has 0 spiro atoms. The molecule has 0 saturated heterocycles. The third-order valence-corrected chi connectivity index (χ3v) is 8.24. The molecule has 3 unspecified atom stereocenters. The maximum Gasteiger partial charge on any atom is 0.325 e. The second kappa shape index (κ2) is 5.67. The molecule has 0 amide bonds. The third kappa shape index (κ3) is 2.84. The van der Waals surface area contributed by atoms with Gasteiger partial charge in [0.1, 0.15) is 10.1 Å². The molecule has 2 N–H and O–H groups in total. The maximum absolute atomic E-state index is 12.5. The number of nitrogens with one attached hydrogen (secondary N) is 1. The van der Waals surface area contributed by atoms with Gasteiger partial charge < -0.3 is 5.11 Å². The molecule has 3 rings (SSSR count). The number of carboxylic acids is 1. The zero-order chi connectivity index (χ0) is 16.0. The highest BCUT2D eigenvalue weighted by Crippen LogP contribution is 2.53. The second-order valence-corrected chi connectivity index (χ2v) is 10.2. The number of benzene rings is 1. The van der Waals surface area contributed by atoms with Gasteiger partial charge in [-0.3, -0.25) is 4.79 Å². The first-order valence-electron chi connectivity index (χ1n) is 6.68. The van der Waals surface area contributed by atoms with Crippen LogP contribution in [-0.4, -0.2) is 29.6 Å². The Balaban J connectivity index is 1.81. The van der Waals surface area contributed by atoms with Gasteiger partial charge in [0.25, 0.3) is 0 Å². The molecule has 1 saturated carbocycles. The van der Waals surface area contributed by atoms with Gasteiger partial charge in [-0.05, 0) is 34.3 Å². The Kier molecular flexibility index (Phi) is 4.13. The minimum atomic E-state index is -3.72. The molecule has 2 aliphatic rings. The van der Waals surface area contributed by atoms with Crippen molar-refractivity contribution in [2.75, 3.05) is 0 Å². The lowest BCUT2D eigenvalue weighted by Gasteiger charge is -2.18. The largest absolute Gasteiger partial charge is 0.480 e. The first-order valence-corrected chi connectivity index (χ1v) is 9.90. The summed E-state index contributed by atoms with van der Waals surface area (Å²) in [6, 6.07) is 9.14. The molecule has 118 valence electrons. The summed E-state index contributed by atoms with van der Waals surface area (Å²) in [5, 5.41) is 9.54. The van der Waals surface area contributed by atoms with Crippen molar-refractivity contribution >= 4 is 43.7 Å². The molecule has 1 fully saturated rings. The number of allylic oxidation sites excluding steroid dienone is 1. The van der Waals surface area contributed by atoms with Crippen LogP contribution in [0.1, 0.15) is 24.3 Å². The van der Waals surface area contributed by atoms with Crippen LogP contribution in [0.15, 0.2) is 40.2 Å². The number of thioether (sulfide) groups is 1. The third-order valence-electron chi connectivity index (χ3n) is 3.93. The van der Waals surface area contributed by atoms with Crippen molar-refractivity contribution in [3.8, 4) is 0 Å². The number of carboxylic acid groups (broad SMARTS) is 1. The number of hydrogen-bond acceptors (Lipinski definition) is 4. The Bertz CT molecular complexity index is 734. The second-order valence-electron chi connectivity index (χ2n) is 5.38. The van der Waals surface area contributed by atoms with Crippen LogP contribution in [0.3, 0.4) is 0 Å². The van der Waals surface area contributed by atoms with Crippen LogP contribution in [0.4, 0.5) is 0 Å². The predicted octanol–water partition coefficient (Wildman–Crippen LogP) is 2.62. The average molecular weight is 404 g/mol. The fourth-order valence-corrected chi connectivity index (χ4v) is 6.80. The minimum absolute atomic E-state index is 0.275. The van der Waals surface area contributed by atoms with Crippen LogP contribution >= 0.6 is 27.7 Å². The Labute approximate surface area is 141 Å². The van der Waals surface area contributed by atoms with E-state index in [2.05, 4.69) is 20.7 Å². The molecule has 0 aromatic heterocycles. The van der Waals surface area contributed by atoms with Gasteiger partial charge in [-0.2, -0.15) is 4.72 Å². The summed E-state index contributed by atoms with van der Waals surface area (Å²) >= 11 is 4.44. The van der Waals surface area contributed by atoms with Gasteiger partial charge in [-0.15, -0.1) is 0 Å². The molecule has 5 nitrogen and oxygen atoms in total. The minimum Gasteiger partial charge on any atom is -0.480 e. The van der Waals surface area contributed by atoms with E-state index in [1.54, 1.807) is 6.08 Å². The van der Waals surface area contributed by atoms with E-state index in [0.29, 0.717) is 6.42 Å². The van der Waals surface area contributed by atoms with Crippen molar-refractivity contribution in [1.82, 2.24) is 4.72 Å². The van der Waals surface area contributed by atoms with Crippen LogP contribution < -0.4 is 4.72 Å². The van der Waals surface area contributed by atoms with E-state index in [4.69, 9.17) is 0 Å². The summed E-state index contributed by atoms with van der Waals surface area (Å²) in [7, 11) is -3.72. The lowest BCUT2D eigenvalue weighted by Crippen LogP contribution is -2.47. The van der Waals surface area contributed by atoms with Gasteiger partial charge >= 0.3 is 5.97 Å². The van der Waals surface area contributed by atoms with Gasteiger partial charge in [0.15, 0.2) is 0 Å². The molecular formula is C14H14BrNO4S2. The summed E-state index contributed by atoms with van der Waals surface area (Å²) < 4.78 is 27.5. The van der Waals surface area contributed by atoms with Crippen molar-refractivity contribution < 1.29 is 18.3 Å². The summed E-state index contributed by atoms with van der Waals surface area (Å²) in [5.41, 5.74) is -0.582. The normalized spacial score (nSPS) is 30.9. The molecule has 0 bridgehead atoms. The Hall–Kier alpha value is -0.830. The van der Waals surface area contributed by atoms with Crippen molar-refractivity contribution in [2.45, 2.75) is 28.9 Å². The summed E-state index contributed by atoms with van der Waals surface area (Å²) in [4.78, 5) is 11.7. The van der Waals surface area contributed by atoms with Crippen LogP contribution in [-0.2, 0) is 14.8 Å². The average Bonchev–Trinajstić information content (AvgIpc) is 3.02. The van der Waals surface area contributed by atoms with Crippen molar-refractivity contribution in [2.24, 2.45) is 0 Å². The van der Waals surface area contributed by atoms with Gasteiger partial charge in [0, 0.05) is 9.73 Å². The fourth-order valence-electron chi connectivity index (χ4n) is 2.66. The van der Waals surface area contributed by atoms with E-state index in [1.165, 1.54) is 11.8 Å². The highest BCUT2D eigenvalue weighted by atomic mass is 79.9. The summed E-state index contributed by atoms with van der Waals surface area (Å²) in [5.74, 6) is -1.45. The van der Waals surface area contributed by atoms with Crippen molar-refractivity contribution in [3.63, 3.8) is 0 Å². The summed E-state index contributed by atoms with van der Waals surface area (Å²) in [6.45, 7) is 0. The number of carbonyl (C=O) groups is 1. The summed E-state index contributed by atoms with van der Waals surface area (Å²) in [6.07, 6.45) is 2.42. The molecule has 1 aromatic rings. The van der Waals surface area contributed by atoms with Crippen molar-refractivity contribution in [1.29, 1.82) is 0 Å². The van der Waals surface area contributed by atoms with Crippen LogP contribution in [0, 0.1) is 0 Å². The Morgan fingerprint density at radius 1 is 1.36 bits per heavy atom. The molecule has 1 aromatic carbocycles. The number of aliphatic carboxylic acids is 1. The molecular weight excluding hydrogens is 390 g/mol. The van der Waals surface area contributed by atoms with Gasteiger partial charge in [-0.1, -0.05) is 48.2 Å². The molecule has 8 heteroatoms. The molecule has 1 aliphatic carbocycles. The van der Waals surface area contributed by atoms with E-state index >= 15 is 0 Å². The number of hydrogen-bond donors (Lipinski definition) is 2. The highest BCUT2D eigenvalue weighted by Gasteiger charge is 2.63. The fraction of sp³-hybridized carbons (Fsp3) is 0.357. The molecule has 1 heterocycles. The highest BCUT2D eigenvalue weighted by molar-refractivity contribution is 9.14. The van der Waals surface area contributed by atoms with E-state index < -0.39 is 26.1 Å². The predicted molar refractivity (Wildman–Crippen MR) is 89.2 cm³/mol. The van der Waals surface area contributed by atoms with Gasteiger partial charge in [0.05, 0.1) is 0 Å². The van der Waals surface area contributed by atoms with E-state index in [-0.39, 0.29) is 12.3 Å². The van der Waals surface area contributed by atoms with E-state index in [0.717, 1.165) is 9.38 Å². The van der Waals surface area contributed by atoms with Crippen molar-refractivity contribution in [3.05, 3.63) is 45.8 Å². The van der Waals surface area contributed by atoms with E-state index in [9.17, 15) is 18.3 Å². The van der Waals surface area contributed by atoms with Crippen LogP contribution in [0.2, 0.25) is 0 Å². The monoisotopic (exact) mass is 403 g/mol. The number of rotatable bonds is 5. The quantitative estimate of drug-likeness (QED) is 0.789. The smallest absolute Gasteiger partial charge is 0.325 e. The standard InChI is InChI=1S/C14H14BrNO4S2/c15-11-6-7-12(21-11)22(19,20)16-14(13(17)18)8-10(14)9-4-2-1-3-5-9/h1-6,10,12,16H,7-8H2,(H,17,18). The van der Waals surface area contributed by atoms with E-state index in [1.807, 2.05) is 30.3 Å². The van der Waals surface area contributed by atoms with Crippen LogP contribution in [0.25, 0.3) is 0 Å². The first-order chi connectivity index (χ1) is 10.3. The van der Waals surface area contributed by atoms with Crippen LogP contribution in [0.5, 0.6) is 0 Å². The molecule has 22 heavy (non-hydrogen) atoms. The first kappa shape index (κ1) is 16.0.